The Morgan fingerprint density at radius 2 is 2.17 bits per heavy atom. The number of aromatic nitrogens is 1. The topological polar surface area (TPSA) is 62.7 Å². The summed E-state index contributed by atoms with van der Waals surface area (Å²) in [5, 5.41) is 9.15. The van der Waals surface area contributed by atoms with Crippen LogP contribution in [-0.4, -0.2) is 41.3 Å². The van der Waals surface area contributed by atoms with Crippen molar-refractivity contribution in [2.75, 3.05) is 20.2 Å². The third-order valence-corrected chi connectivity index (χ3v) is 4.55. The number of nitrogens with zero attached hydrogens (tertiary/aromatic N) is 2. The van der Waals surface area contributed by atoms with Gasteiger partial charge in [-0.05, 0) is 43.0 Å². The average Bonchev–Trinajstić information content (AvgIpc) is 2.57. The minimum atomic E-state index is -0.903. The lowest BCUT2D eigenvalue weighted by Gasteiger charge is -2.30. The average molecular weight is 326 g/mol. The summed E-state index contributed by atoms with van der Waals surface area (Å²) in [6.45, 7) is 5.10. The lowest BCUT2D eigenvalue weighted by Crippen LogP contribution is -2.31. The van der Waals surface area contributed by atoms with E-state index in [1.54, 1.807) is 7.05 Å². The van der Waals surface area contributed by atoms with E-state index in [0.29, 0.717) is 13.2 Å². The van der Waals surface area contributed by atoms with Gasteiger partial charge in [-0.2, -0.15) is 0 Å². The van der Waals surface area contributed by atoms with Gasteiger partial charge in [0.2, 0.25) is 0 Å². The van der Waals surface area contributed by atoms with Gasteiger partial charge >= 0.3 is 6.09 Å². The van der Waals surface area contributed by atoms with Crippen LogP contribution in [0, 0.1) is 13.8 Å². The number of pyridine rings is 1. The molecule has 1 atom stereocenters. The number of aryl methyl sites for hydroxylation is 2. The normalized spacial score (nSPS) is 16.2. The summed E-state index contributed by atoms with van der Waals surface area (Å²) in [5.41, 5.74) is 5.32. The van der Waals surface area contributed by atoms with Crippen LogP contribution in [0.2, 0.25) is 0 Å². The standard InChI is InChI=1S/C19H22N2O3/c1-12-10-20-13(2)9-17(12)16-6-4-5-15-14(7-8-24-18(15)16)11-21(3)19(22)23/h4-6,9-10,14H,7-8,11H2,1-3H3,(H,22,23)/t14-/m0/s1. The lowest BCUT2D eigenvalue weighted by atomic mass is 9.88. The van der Waals surface area contributed by atoms with E-state index in [0.717, 1.165) is 40.1 Å². The summed E-state index contributed by atoms with van der Waals surface area (Å²) in [7, 11) is 1.61. The molecule has 0 fully saturated rings. The monoisotopic (exact) mass is 326 g/mol. The molecule has 2 heterocycles. The SMILES string of the molecule is Cc1cc(-c2cccc3c2OCC[C@H]3CN(C)C(=O)O)c(C)cn1. The number of hydrogen-bond donors (Lipinski definition) is 1. The summed E-state index contributed by atoms with van der Waals surface area (Å²) in [6, 6.07) is 8.19. The van der Waals surface area contributed by atoms with Crippen molar-refractivity contribution in [2.24, 2.45) is 0 Å². The number of benzene rings is 1. The van der Waals surface area contributed by atoms with Crippen LogP contribution >= 0.6 is 0 Å². The van der Waals surface area contributed by atoms with Crippen LogP contribution in [0.3, 0.4) is 0 Å². The molecule has 0 bridgehead atoms. The quantitative estimate of drug-likeness (QED) is 0.931. The molecule has 1 N–H and O–H groups in total. The Morgan fingerprint density at radius 1 is 1.38 bits per heavy atom. The van der Waals surface area contributed by atoms with Crippen molar-refractivity contribution in [3.8, 4) is 16.9 Å². The van der Waals surface area contributed by atoms with Gasteiger partial charge in [-0.25, -0.2) is 4.79 Å². The zero-order chi connectivity index (χ0) is 17.3. The van der Waals surface area contributed by atoms with Gasteiger partial charge < -0.3 is 14.7 Å². The molecule has 126 valence electrons. The van der Waals surface area contributed by atoms with Crippen LogP contribution in [0.25, 0.3) is 11.1 Å². The van der Waals surface area contributed by atoms with E-state index in [2.05, 4.69) is 17.1 Å². The first-order valence-electron chi connectivity index (χ1n) is 8.10. The van der Waals surface area contributed by atoms with Crippen LogP contribution in [0.1, 0.15) is 29.2 Å². The number of carboxylic acid groups (broad SMARTS) is 1. The number of fused-ring (bicyclic) bond motifs is 1. The Hall–Kier alpha value is -2.56. The minimum Gasteiger partial charge on any atom is -0.493 e. The van der Waals surface area contributed by atoms with Crippen molar-refractivity contribution < 1.29 is 14.6 Å². The van der Waals surface area contributed by atoms with Gasteiger partial charge in [-0.1, -0.05) is 18.2 Å². The molecule has 24 heavy (non-hydrogen) atoms. The third kappa shape index (κ3) is 3.07. The number of para-hydroxylation sites is 1. The van der Waals surface area contributed by atoms with Gasteiger partial charge in [0.15, 0.2) is 0 Å². The fourth-order valence-corrected chi connectivity index (χ4v) is 3.22. The molecule has 0 saturated carbocycles. The summed E-state index contributed by atoms with van der Waals surface area (Å²) in [6.07, 6.45) is 1.80. The van der Waals surface area contributed by atoms with Gasteiger partial charge in [0, 0.05) is 37.0 Å². The fourth-order valence-electron chi connectivity index (χ4n) is 3.22. The maximum atomic E-state index is 11.1. The highest BCUT2D eigenvalue weighted by Gasteiger charge is 2.26. The van der Waals surface area contributed by atoms with E-state index in [9.17, 15) is 4.79 Å². The van der Waals surface area contributed by atoms with Gasteiger partial charge in [-0.3, -0.25) is 4.98 Å². The van der Waals surface area contributed by atoms with Gasteiger partial charge in [0.05, 0.1) is 6.61 Å². The van der Waals surface area contributed by atoms with Crippen molar-refractivity contribution in [3.05, 3.63) is 47.3 Å². The maximum absolute atomic E-state index is 11.1. The summed E-state index contributed by atoms with van der Waals surface area (Å²) >= 11 is 0. The van der Waals surface area contributed by atoms with Crippen molar-refractivity contribution in [2.45, 2.75) is 26.2 Å². The molecular formula is C19H22N2O3. The van der Waals surface area contributed by atoms with E-state index < -0.39 is 6.09 Å². The zero-order valence-electron chi connectivity index (χ0n) is 14.2. The second kappa shape index (κ2) is 6.51. The number of ether oxygens (including phenoxy) is 1. The second-order valence-electron chi connectivity index (χ2n) is 6.36. The smallest absolute Gasteiger partial charge is 0.407 e. The van der Waals surface area contributed by atoms with E-state index >= 15 is 0 Å². The molecule has 1 aliphatic heterocycles. The van der Waals surface area contributed by atoms with E-state index in [4.69, 9.17) is 9.84 Å². The van der Waals surface area contributed by atoms with Crippen molar-refractivity contribution >= 4 is 6.09 Å². The number of amides is 1. The van der Waals surface area contributed by atoms with Crippen LogP contribution < -0.4 is 4.74 Å². The summed E-state index contributed by atoms with van der Waals surface area (Å²) < 4.78 is 5.99. The Labute approximate surface area is 141 Å². The number of rotatable bonds is 3. The van der Waals surface area contributed by atoms with Gasteiger partial charge in [0.1, 0.15) is 5.75 Å². The van der Waals surface area contributed by atoms with Gasteiger partial charge in [0.25, 0.3) is 0 Å². The predicted octanol–water partition coefficient (Wildman–Crippen LogP) is 3.84. The Morgan fingerprint density at radius 3 is 2.92 bits per heavy atom. The Balaban J connectivity index is 2.03. The Bertz CT molecular complexity index is 773. The largest absolute Gasteiger partial charge is 0.493 e. The maximum Gasteiger partial charge on any atom is 0.407 e. The zero-order valence-corrected chi connectivity index (χ0v) is 14.2. The van der Waals surface area contributed by atoms with E-state index in [-0.39, 0.29) is 5.92 Å². The molecule has 0 spiro atoms. The Kier molecular flexibility index (Phi) is 4.42. The van der Waals surface area contributed by atoms with Crippen LogP contribution in [0.4, 0.5) is 4.79 Å². The molecule has 0 saturated heterocycles. The first kappa shape index (κ1) is 16.3. The second-order valence-corrected chi connectivity index (χ2v) is 6.36. The molecule has 0 aliphatic carbocycles. The lowest BCUT2D eigenvalue weighted by molar-refractivity contribution is 0.149. The molecule has 5 nitrogen and oxygen atoms in total. The first-order valence-corrected chi connectivity index (χ1v) is 8.10. The molecule has 0 radical (unpaired) electrons. The predicted molar refractivity (Wildman–Crippen MR) is 92.7 cm³/mol. The highest BCUT2D eigenvalue weighted by molar-refractivity contribution is 5.75. The summed E-state index contributed by atoms with van der Waals surface area (Å²) in [4.78, 5) is 16.8. The molecule has 1 amide bonds. The molecule has 5 heteroatoms. The number of likely N-dealkylation sites (N-methyl/N-ethyl adjacent to an activating group) is 1. The first-order chi connectivity index (χ1) is 11.5. The van der Waals surface area contributed by atoms with Crippen LogP contribution in [-0.2, 0) is 0 Å². The molecule has 2 aromatic rings. The molecule has 3 rings (SSSR count). The summed E-state index contributed by atoms with van der Waals surface area (Å²) in [5.74, 6) is 1.03. The van der Waals surface area contributed by atoms with Gasteiger partial charge in [-0.15, -0.1) is 0 Å². The molecule has 1 aromatic heterocycles. The van der Waals surface area contributed by atoms with Crippen molar-refractivity contribution in [1.82, 2.24) is 9.88 Å². The third-order valence-electron chi connectivity index (χ3n) is 4.55. The number of carbonyl (C=O) groups is 1. The van der Waals surface area contributed by atoms with E-state index in [1.807, 2.05) is 32.2 Å². The van der Waals surface area contributed by atoms with Crippen molar-refractivity contribution in [3.63, 3.8) is 0 Å². The number of hydrogen-bond acceptors (Lipinski definition) is 3. The molecule has 1 aliphatic rings. The van der Waals surface area contributed by atoms with Crippen LogP contribution in [0.5, 0.6) is 5.75 Å². The van der Waals surface area contributed by atoms with Crippen LogP contribution in [0.15, 0.2) is 30.5 Å². The minimum absolute atomic E-state index is 0.151. The fraction of sp³-hybridized carbons (Fsp3) is 0.368. The molecule has 0 unspecified atom stereocenters. The molecule has 1 aromatic carbocycles. The van der Waals surface area contributed by atoms with Crippen molar-refractivity contribution in [1.29, 1.82) is 0 Å². The highest BCUT2D eigenvalue weighted by atomic mass is 16.5. The van der Waals surface area contributed by atoms with E-state index in [1.165, 1.54) is 4.90 Å². The molecular weight excluding hydrogens is 304 g/mol. The highest BCUT2D eigenvalue weighted by Crippen LogP contribution is 2.42.